The van der Waals surface area contributed by atoms with Gasteiger partial charge in [-0.05, 0) is 38.0 Å². The van der Waals surface area contributed by atoms with E-state index in [4.69, 9.17) is 0 Å². The molecule has 0 aliphatic heterocycles. The minimum absolute atomic E-state index is 0.0929. The maximum absolute atomic E-state index is 11.8. The molecule has 0 bridgehead atoms. The molecule has 1 heterocycles. The molecule has 3 rings (SSSR count). The van der Waals surface area contributed by atoms with Gasteiger partial charge in [-0.25, -0.2) is 10.4 Å². The van der Waals surface area contributed by atoms with E-state index in [9.17, 15) is 4.79 Å². The summed E-state index contributed by atoms with van der Waals surface area (Å²) in [5.74, 6) is 0.240. The summed E-state index contributed by atoms with van der Waals surface area (Å²) >= 11 is 3.06. The van der Waals surface area contributed by atoms with E-state index in [1.54, 1.807) is 11.3 Å². The zero-order valence-corrected chi connectivity index (χ0v) is 13.3. The average Bonchev–Trinajstić information content (AvgIpc) is 3.08. The van der Waals surface area contributed by atoms with Crippen molar-refractivity contribution in [3.05, 3.63) is 35.9 Å². The number of fused-ring (bicyclic) bond motifs is 1. The first-order valence-electron chi connectivity index (χ1n) is 6.71. The second-order valence-corrected chi connectivity index (χ2v) is 7.12. The zero-order chi connectivity index (χ0) is 14.7. The molecular formula is C15H15N3OS2. The molecule has 1 amide bonds. The van der Waals surface area contributed by atoms with Crippen molar-refractivity contribution in [1.29, 1.82) is 0 Å². The first-order valence-corrected chi connectivity index (χ1v) is 8.52. The van der Waals surface area contributed by atoms with Gasteiger partial charge in [0, 0.05) is 0 Å². The lowest BCUT2D eigenvalue weighted by Gasteiger charge is -1.98. The van der Waals surface area contributed by atoms with Crippen molar-refractivity contribution in [2.75, 3.05) is 5.75 Å². The summed E-state index contributed by atoms with van der Waals surface area (Å²) in [6, 6.07) is 7.99. The smallest absolute Gasteiger partial charge is 0.250 e. The molecule has 0 atom stereocenters. The highest BCUT2D eigenvalue weighted by Gasteiger charge is 2.09. The Balaban J connectivity index is 1.54. The van der Waals surface area contributed by atoms with Crippen LogP contribution in [0.15, 0.2) is 45.4 Å². The minimum atomic E-state index is -0.0929. The fourth-order valence-corrected chi connectivity index (χ4v) is 3.91. The third kappa shape index (κ3) is 3.71. The summed E-state index contributed by atoms with van der Waals surface area (Å²) in [6.45, 7) is 2.08. The van der Waals surface area contributed by atoms with Gasteiger partial charge in [0.2, 0.25) is 0 Å². The molecule has 0 saturated heterocycles. The van der Waals surface area contributed by atoms with Crippen LogP contribution in [-0.4, -0.2) is 22.4 Å². The molecule has 1 N–H and O–H groups in total. The first kappa shape index (κ1) is 14.3. The van der Waals surface area contributed by atoms with Crippen LogP contribution in [0, 0.1) is 0 Å². The van der Waals surface area contributed by atoms with E-state index in [0.717, 1.165) is 33.1 Å². The van der Waals surface area contributed by atoms with E-state index >= 15 is 0 Å². The van der Waals surface area contributed by atoms with Crippen LogP contribution in [0.1, 0.15) is 19.8 Å². The van der Waals surface area contributed by atoms with E-state index in [1.165, 1.54) is 17.3 Å². The lowest BCUT2D eigenvalue weighted by molar-refractivity contribution is -0.118. The number of para-hydroxylation sites is 1. The lowest BCUT2D eigenvalue weighted by atomic mass is 10.3. The van der Waals surface area contributed by atoms with Gasteiger partial charge in [-0.1, -0.05) is 29.5 Å². The minimum Gasteiger partial charge on any atom is -0.272 e. The van der Waals surface area contributed by atoms with Gasteiger partial charge in [0.1, 0.15) is 0 Å². The van der Waals surface area contributed by atoms with Crippen LogP contribution in [0.3, 0.4) is 0 Å². The number of benzene rings is 1. The van der Waals surface area contributed by atoms with Gasteiger partial charge in [0.25, 0.3) is 5.91 Å². The van der Waals surface area contributed by atoms with Crippen molar-refractivity contribution in [1.82, 2.24) is 10.4 Å². The molecule has 0 fully saturated rings. The number of thioether (sulfide) groups is 1. The molecule has 1 aromatic carbocycles. The topological polar surface area (TPSA) is 54.4 Å². The molecule has 108 valence electrons. The number of rotatable bonds is 4. The Bertz CT molecular complexity index is 700. The molecule has 1 aliphatic rings. The third-order valence-corrected chi connectivity index (χ3v) is 5.29. The Morgan fingerprint density at radius 1 is 1.43 bits per heavy atom. The molecule has 6 heteroatoms. The molecular weight excluding hydrogens is 302 g/mol. The second-order valence-electron chi connectivity index (χ2n) is 4.86. The zero-order valence-electron chi connectivity index (χ0n) is 11.6. The van der Waals surface area contributed by atoms with Gasteiger partial charge < -0.3 is 0 Å². The van der Waals surface area contributed by atoms with Crippen molar-refractivity contribution < 1.29 is 4.79 Å². The SMILES string of the molecule is CC1=C/C(=N/NC(=O)CSc2nc3ccccc3s2)CC1. The van der Waals surface area contributed by atoms with Crippen LogP contribution >= 0.6 is 23.1 Å². The number of aromatic nitrogens is 1. The highest BCUT2D eigenvalue weighted by atomic mass is 32.2. The van der Waals surface area contributed by atoms with Gasteiger partial charge in [-0.3, -0.25) is 4.79 Å². The van der Waals surface area contributed by atoms with Crippen LogP contribution in [0.2, 0.25) is 0 Å². The summed E-state index contributed by atoms with van der Waals surface area (Å²) in [4.78, 5) is 16.3. The van der Waals surface area contributed by atoms with Crippen molar-refractivity contribution in [2.45, 2.75) is 24.1 Å². The summed E-state index contributed by atoms with van der Waals surface area (Å²) < 4.78 is 2.06. The fraction of sp³-hybridized carbons (Fsp3) is 0.267. The molecule has 0 saturated carbocycles. The number of carbonyl (C=O) groups excluding carboxylic acids is 1. The van der Waals surface area contributed by atoms with Gasteiger partial charge >= 0.3 is 0 Å². The Hall–Kier alpha value is -1.66. The number of hydrogen-bond acceptors (Lipinski definition) is 5. The second kappa shape index (κ2) is 6.41. The summed E-state index contributed by atoms with van der Waals surface area (Å²) in [7, 11) is 0. The van der Waals surface area contributed by atoms with Crippen molar-refractivity contribution in [3.63, 3.8) is 0 Å². The predicted molar refractivity (Wildman–Crippen MR) is 88.9 cm³/mol. The van der Waals surface area contributed by atoms with Gasteiger partial charge in [0.05, 0.1) is 21.7 Å². The van der Waals surface area contributed by atoms with Crippen molar-refractivity contribution in [2.24, 2.45) is 5.10 Å². The summed E-state index contributed by atoms with van der Waals surface area (Å²) in [6.07, 6.45) is 3.98. The Morgan fingerprint density at radius 3 is 3.05 bits per heavy atom. The highest BCUT2D eigenvalue weighted by Crippen LogP contribution is 2.29. The average molecular weight is 317 g/mol. The molecule has 0 spiro atoms. The van der Waals surface area contributed by atoms with E-state index in [0.29, 0.717) is 5.75 Å². The number of nitrogens with one attached hydrogen (secondary N) is 1. The molecule has 1 aliphatic carbocycles. The largest absolute Gasteiger partial charge is 0.272 e. The highest BCUT2D eigenvalue weighted by molar-refractivity contribution is 8.01. The summed E-state index contributed by atoms with van der Waals surface area (Å²) in [5.41, 5.74) is 5.85. The van der Waals surface area contributed by atoms with Gasteiger partial charge in [-0.2, -0.15) is 5.10 Å². The van der Waals surface area contributed by atoms with Gasteiger partial charge in [0.15, 0.2) is 4.34 Å². The van der Waals surface area contributed by atoms with Crippen LogP contribution in [0.4, 0.5) is 0 Å². The molecule has 0 unspecified atom stereocenters. The van der Waals surface area contributed by atoms with Crippen LogP contribution < -0.4 is 5.43 Å². The Labute approximate surface area is 131 Å². The number of nitrogens with zero attached hydrogens (tertiary/aromatic N) is 2. The first-order chi connectivity index (χ1) is 10.2. The summed E-state index contributed by atoms with van der Waals surface area (Å²) in [5, 5.41) is 4.14. The van der Waals surface area contributed by atoms with Crippen LogP contribution in [0.25, 0.3) is 10.2 Å². The van der Waals surface area contributed by atoms with Gasteiger partial charge in [-0.15, -0.1) is 11.3 Å². The van der Waals surface area contributed by atoms with E-state index in [-0.39, 0.29) is 5.91 Å². The maximum Gasteiger partial charge on any atom is 0.250 e. The lowest BCUT2D eigenvalue weighted by Crippen LogP contribution is -2.20. The molecule has 0 radical (unpaired) electrons. The monoisotopic (exact) mass is 317 g/mol. The number of allylic oxidation sites excluding steroid dienone is 2. The predicted octanol–water partition coefficient (Wildman–Crippen LogP) is 3.60. The Kier molecular flexibility index (Phi) is 4.36. The van der Waals surface area contributed by atoms with E-state index in [1.807, 2.05) is 30.3 Å². The quantitative estimate of drug-likeness (QED) is 0.692. The molecule has 4 nitrogen and oxygen atoms in total. The van der Waals surface area contributed by atoms with E-state index < -0.39 is 0 Å². The molecule has 2 aromatic rings. The number of amides is 1. The van der Waals surface area contributed by atoms with Crippen molar-refractivity contribution in [3.8, 4) is 0 Å². The van der Waals surface area contributed by atoms with E-state index in [2.05, 4.69) is 22.4 Å². The molecule has 21 heavy (non-hydrogen) atoms. The maximum atomic E-state index is 11.8. The number of hydrogen-bond donors (Lipinski definition) is 1. The van der Waals surface area contributed by atoms with Crippen LogP contribution in [0.5, 0.6) is 0 Å². The number of carbonyl (C=O) groups is 1. The number of hydrazone groups is 1. The normalized spacial score (nSPS) is 16.4. The number of thiazole rings is 1. The Morgan fingerprint density at radius 2 is 2.29 bits per heavy atom. The third-order valence-electron chi connectivity index (χ3n) is 3.11. The van der Waals surface area contributed by atoms with Crippen LogP contribution in [-0.2, 0) is 4.79 Å². The fourth-order valence-electron chi connectivity index (χ4n) is 2.05. The van der Waals surface area contributed by atoms with Crippen molar-refractivity contribution >= 4 is 44.9 Å². The molecule has 1 aromatic heterocycles. The standard InChI is InChI=1S/C15H15N3OS2/c1-10-6-7-11(8-10)17-18-14(19)9-20-15-16-12-4-2-3-5-13(12)21-15/h2-5,8H,6-7,9H2,1H3,(H,18,19)/b17-11+.